The van der Waals surface area contributed by atoms with Crippen LogP contribution < -0.4 is 0 Å². The van der Waals surface area contributed by atoms with E-state index in [-0.39, 0.29) is 0 Å². The maximum Gasteiger partial charge on any atom is 0.136 e. The van der Waals surface area contributed by atoms with E-state index >= 15 is 0 Å². The van der Waals surface area contributed by atoms with Crippen LogP contribution in [-0.4, -0.2) is 0 Å². The molecular weight excluding hydrogens is 617 g/mol. The molecule has 0 saturated carbocycles. The Morgan fingerprint density at radius 3 is 1.35 bits per heavy atom. The molecule has 0 aliphatic rings. The van der Waals surface area contributed by atoms with Crippen LogP contribution in [0.1, 0.15) is 0 Å². The van der Waals surface area contributed by atoms with Crippen molar-refractivity contribution in [2.45, 2.75) is 0 Å². The third-order valence-electron chi connectivity index (χ3n) is 10.8. The molecule has 0 N–H and O–H groups in total. The molecule has 11 rings (SSSR count). The van der Waals surface area contributed by atoms with Crippen molar-refractivity contribution in [1.82, 2.24) is 0 Å². The molecule has 1 heteroatoms. The SMILES string of the molecule is c1ccc(-c2c(-c3c4ccccc4c(-c4cccc5oc6cc7ccccc7cc6c45)c4ccccc34)c3ccccc3c3ccccc23)cc1. The zero-order chi connectivity index (χ0) is 33.5. The summed E-state index contributed by atoms with van der Waals surface area (Å²) < 4.78 is 6.59. The van der Waals surface area contributed by atoms with E-state index in [0.29, 0.717) is 0 Å². The maximum atomic E-state index is 6.59. The highest BCUT2D eigenvalue weighted by atomic mass is 16.3. The van der Waals surface area contributed by atoms with Crippen LogP contribution in [0.15, 0.2) is 186 Å². The molecule has 11 aromatic rings. The van der Waals surface area contributed by atoms with Crippen molar-refractivity contribution in [3.8, 4) is 33.4 Å². The molecule has 0 atom stereocenters. The molecule has 51 heavy (non-hydrogen) atoms. The Balaban J connectivity index is 1.34. The third kappa shape index (κ3) is 4.09. The van der Waals surface area contributed by atoms with Gasteiger partial charge in [-0.2, -0.15) is 0 Å². The van der Waals surface area contributed by atoms with Crippen LogP contribution >= 0.6 is 0 Å². The summed E-state index contributed by atoms with van der Waals surface area (Å²) in [4.78, 5) is 0. The second kappa shape index (κ2) is 10.9. The number of hydrogen-bond donors (Lipinski definition) is 0. The summed E-state index contributed by atoms with van der Waals surface area (Å²) >= 11 is 0. The van der Waals surface area contributed by atoms with Crippen molar-refractivity contribution in [3.63, 3.8) is 0 Å². The lowest BCUT2D eigenvalue weighted by atomic mass is 9.79. The first-order chi connectivity index (χ1) is 25.3. The monoisotopic (exact) mass is 646 g/mol. The third-order valence-corrected chi connectivity index (χ3v) is 10.8. The normalized spacial score (nSPS) is 11.9. The second-order valence-electron chi connectivity index (χ2n) is 13.5. The Morgan fingerprint density at radius 2 is 0.745 bits per heavy atom. The average molecular weight is 647 g/mol. The molecule has 236 valence electrons. The van der Waals surface area contributed by atoms with Gasteiger partial charge < -0.3 is 4.42 Å². The number of furan rings is 1. The van der Waals surface area contributed by atoms with Gasteiger partial charge in [0.2, 0.25) is 0 Å². The van der Waals surface area contributed by atoms with Crippen molar-refractivity contribution < 1.29 is 4.42 Å². The highest BCUT2D eigenvalue weighted by Crippen LogP contribution is 2.52. The minimum Gasteiger partial charge on any atom is -0.456 e. The van der Waals surface area contributed by atoms with Crippen molar-refractivity contribution in [2.75, 3.05) is 0 Å². The summed E-state index contributed by atoms with van der Waals surface area (Å²) in [6.07, 6.45) is 0. The van der Waals surface area contributed by atoms with Gasteiger partial charge in [-0.1, -0.05) is 164 Å². The summed E-state index contributed by atoms with van der Waals surface area (Å²) in [5.41, 5.74) is 9.26. The van der Waals surface area contributed by atoms with Gasteiger partial charge in [-0.15, -0.1) is 0 Å². The van der Waals surface area contributed by atoms with Crippen molar-refractivity contribution in [3.05, 3.63) is 182 Å². The van der Waals surface area contributed by atoms with Crippen LogP contribution in [0.2, 0.25) is 0 Å². The number of benzene rings is 10. The molecule has 10 aromatic carbocycles. The van der Waals surface area contributed by atoms with E-state index in [9.17, 15) is 0 Å². The zero-order valence-corrected chi connectivity index (χ0v) is 27.7. The molecule has 1 heterocycles. The van der Waals surface area contributed by atoms with Gasteiger partial charge in [-0.05, 0) is 105 Å². The lowest BCUT2D eigenvalue weighted by Gasteiger charge is -2.23. The van der Waals surface area contributed by atoms with Crippen molar-refractivity contribution in [2.24, 2.45) is 0 Å². The molecule has 0 bridgehead atoms. The Hall–Kier alpha value is -6.70. The summed E-state index contributed by atoms with van der Waals surface area (Å²) in [6.45, 7) is 0. The predicted molar refractivity (Wildman–Crippen MR) is 218 cm³/mol. The first-order valence-electron chi connectivity index (χ1n) is 17.6. The fraction of sp³-hybridized carbons (Fsp3) is 0. The molecule has 0 amide bonds. The fourth-order valence-corrected chi connectivity index (χ4v) is 8.71. The number of fused-ring (bicyclic) bond motifs is 9. The first kappa shape index (κ1) is 28.2. The lowest BCUT2D eigenvalue weighted by Crippen LogP contribution is -1.95. The van der Waals surface area contributed by atoms with Gasteiger partial charge in [-0.3, -0.25) is 0 Å². The van der Waals surface area contributed by atoms with Crippen molar-refractivity contribution in [1.29, 1.82) is 0 Å². The van der Waals surface area contributed by atoms with E-state index in [0.717, 1.165) is 21.9 Å². The predicted octanol–water partition coefficient (Wildman–Crippen LogP) is 14.4. The maximum absolute atomic E-state index is 6.59. The highest BCUT2D eigenvalue weighted by Gasteiger charge is 2.24. The van der Waals surface area contributed by atoms with E-state index in [1.54, 1.807) is 0 Å². The van der Waals surface area contributed by atoms with E-state index < -0.39 is 0 Å². The van der Waals surface area contributed by atoms with E-state index in [1.165, 1.54) is 87.2 Å². The van der Waals surface area contributed by atoms with Gasteiger partial charge in [0, 0.05) is 10.8 Å². The Kier molecular flexibility index (Phi) is 6.02. The average Bonchev–Trinajstić information content (AvgIpc) is 3.56. The Morgan fingerprint density at radius 1 is 0.275 bits per heavy atom. The molecule has 0 aliphatic heterocycles. The summed E-state index contributed by atoms with van der Waals surface area (Å²) in [5.74, 6) is 0. The van der Waals surface area contributed by atoms with E-state index in [2.05, 4.69) is 182 Å². The van der Waals surface area contributed by atoms with Gasteiger partial charge in [0.1, 0.15) is 11.2 Å². The van der Waals surface area contributed by atoms with Gasteiger partial charge in [-0.25, -0.2) is 0 Å². The van der Waals surface area contributed by atoms with Crippen LogP contribution in [0.5, 0.6) is 0 Å². The molecule has 0 radical (unpaired) electrons. The molecule has 1 nitrogen and oxygen atoms in total. The fourth-order valence-electron chi connectivity index (χ4n) is 8.71. The molecule has 1 aromatic heterocycles. The van der Waals surface area contributed by atoms with Crippen LogP contribution in [0.3, 0.4) is 0 Å². The topological polar surface area (TPSA) is 13.1 Å². The Labute approximate surface area is 294 Å². The summed E-state index contributed by atoms with van der Waals surface area (Å²) in [6, 6.07) is 66.3. The van der Waals surface area contributed by atoms with Crippen molar-refractivity contribution >= 4 is 75.8 Å². The van der Waals surface area contributed by atoms with Gasteiger partial charge >= 0.3 is 0 Å². The zero-order valence-electron chi connectivity index (χ0n) is 27.7. The number of rotatable bonds is 3. The van der Waals surface area contributed by atoms with Crippen LogP contribution in [-0.2, 0) is 0 Å². The lowest BCUT2D eigenvalue weighted by molar-refractivity contribution is 0.669. The van der Waals surface area contributed by atoms with Gasteiger partial charge in [0.05, 0.1) is 0 Å². The molecule has 0 fully saturated rings. The van der Waals surface area contributed by atoms with E-state index in [4.69, 9.17) is 4.42 Å². The number of hydrogen-bond acceptors (Lipinski definition) is 1. The quantitative estimate of drug-likeness (QED) is 0.138. The largest absolute Gasteiger partial charge is 0.456 e. The smallest absolute Gasteiger partial charge is 0.136 e. The Bertz CT molecular complexity index is 3130. The summed E-state index contributed by atoms with van der Waals surface area (Å²) in [7, 11) is 0. The standard InChI is InChI=1S/C50H30O/c1-2-15-31(16-3-1)46-36-21-8-6-19-34(36)35-20-7-9-22-37(35)50(46)49-40-25-12-10-23-38(40)47(39-24-11-13-26-41(39)49)42-27-14-28-44-48(42)43-29-32-17-4-5-18-33(32)30-45(43)51-44/h1-30H. The van der Waals surface area contributed by atoms with Crippen LogP contribution in [0.4, 0.5) is 0 Å². The van der Waals surface area contributed by atoms with Crippen LogP contribution in [0.25, 0.3) is 109 Å². The second-order valence-corrected chi connectivity index (χ2v) is 13.5. The molecule has 0 spiro atoms. The molecule has 0 unspecified atom stereocenters. The van der Waals surface area contributed by atoms with Gasteiger partial charge in [0.25, 0.3) is 0 Å². The summed E-state index contributed by atoms with van der Waals surface area (Å²) in [5, 5.41) is 14.7. The van der Waals surface area contributed by atoms with Gasteiger partial charge in [0.15, 0.2) is 0 Å². The highest BCUT2D eigenvalue weighted by molar-refractivity contribution is 6.31. The first-order valence-corrected chi connectivity index (χ1v) is 17.6. The molecule has 0 saturated heterocycles. The minimum atomic E-state index is 0.905. The van der Waals surface area contributed by atoms with E-state index in [1.807, 2.05) is 0 Å². The minimum absolute atomic E-state index is 0.905. The van der Waals surface area contributed by atoms with Crippen LogP contribution in [0, 0.1) is 0 Å². The molecule has 0 aliphatic carbocycles. The molecular formula is C50H30O.